The Bertz CT molecular complexity index is 675. The topological polar surface area (TPSA) is 70.2 Å². The van der Waals surface area contributed by atoms with Gasteiger partial charge in [-0.05, 0) is 24.6 Å². The molecule has 0 fully saturated rings. The minimum absolute atomic E-state index is 0.0319. The van der Waals surface area contributed by atoms with Crippen LogP contribution in [0.25, 0.3) is 0 Å². The van der Waals surface area contributed by atoms with Gasteiger partial charge in [-0.1, -0.05) is 48.0 Å². The van der Waals surface area contributed by atoms with Crippen LogP contribution in [0.3, 0.4) is 0 Å². The van der Waals surface area contributed by atoms with Crippen LogP contribution in [0.1, 0.15) is 11.1 Å². The molecule has 3 amide bonds. The van der Waals surface area contributed by atoms with Gasteiger partial charge in [0.15, 0.2) is 0 Å². The summed E-state index contributed by atoms with van der Waals surface area (Å²) in [6, 6.07) is 17.5. The zero-order valence-electron chi connectivity index (χ0n) is 14.2. The number of aryl methyl sites for hydroxylation is 1. The molecule has 0 atom stereocenters. The number of rotatable bonds is 8. The summed E-state index contributed by atoms with van der Waals surface area (Å²) < 4.78 is 0. The lowest BCUT2D eigenvalue weighted by atomic mass is 10.2. The molecule has 0 aliphatic carbocycles. The van der Waals surface area contributed by atoms with Gasteiger partial charge in [-0.3, -0.25) is 4.79 Å². The van der Waals surface area contributed by atoms with Crippen molar-refractivity contribution in [2.45, 2.75) is 18.4 Å². The number of benzene rings is 2. The molecular formula is C19H23N3O2S. The van der Waals surface area contributed by atoms with E-state index in [2.05, 4.69) is 47.1 Å². The van der Waals surface area contributed by atoms with Crippen molar-refractivity contribution < 1.29 is 9.59 Å². The molecule has 132 valence electrons. The summed E-state index contributed by atoms with van der Waals surface area (Å²) in [6.07, 6.45) is 0. The summed E-state index contributed by atoms with van der Waals surface area (Å²) in [5.74, 6) is 0.592. The number of thioether (sulfide) groups is 1. The number of carbonyl (C=O) groups is 2. The van der Waals surface area contributed by atoms with Crippen molar-refractivity contribution in [1.29, 1.82) is 0 Å². The Morgan fingerprint density at radius 3 is 2.36 bits per heavy atom. The molecule has 0 aliphatic rings. The summed E-state index contributed by atoms with van der Waals surface area (Å²) in [5.41, 5.74) is 2.24. The van der Waals surface area contributed by atoms with Crippen LogP contribution in [0.5, 0.6) is 0 Å². The Labute approximate surface area is 152 Å². The van der Waals surface area contributed by atoms with Gasteiger partial charge in [0, 0.05) is 23.7 Å². The maximum atomic E-state index is 11.7. The average molecular weight is 357 g/mol. The Balaban J connectivity index is 1.54. The van der Waals surface area contributed by atoms with Gasteiger partial charge in [-0.2, -0.15) is 0 Å². The highest BCUT2D eigenvalue weighted by Crippen LogP contribution is 2.17. The first-order valence-electron chi connectivity index (χ1n) is 8.15. The maximum Gasteiger partial charge on any atom is 0.315 e. The molecule has 0 saturated carbocycles. The molecule has 0 saturated heterocycles. The summed E-state index contributed by atoms with van der Waals surface area (Å²) in [7, 11) is 0. The zero-order chi connectivity index (χ0) is 17.9. The van der Waals surface area contributed by atoms with Crippen molar-refractivity contribution in [2.24, 2.45) is 0 Å². The average Bonchev–Trinajstić information content (AvgIpc) is 2.64. The molecule has 25 heavy (non-hydrogen) atoms. The standard InChI is InChI=1S/C19H23N3O2S/c1-15-7-9-17(10-8-15)25-12-11-20-18(23)14-22-19(24)21-13-16-5-3-2-4-6-16/h2-10H,11-14H2,1H3,(H,20,23)(H2,21,22,24). The first kappa shape index (κ1) is 18.9. The van der Waals surface area contributed by atoms with E-state index in [-0.39, 0.29) is 18.5 Å². The smallest absolute Gasteiger partial charge is 0.315 e. The lowest BCUT2D eigenvalue weighted by Crippen LogP contribution is -2.42. The summed E-state index contributed by atoms with van der Waals surface area (Å²) in [6.45, 7) is 3.01. The van der Waals surface area contributed by atoms with Gasteiger partial charge < -0.3 is 16.0 Å². The van der Waals surface area contributed by atoms with Crippen LogP contribution in [-0.4, -0.2) is 30.8 Å². The van der Waals surface area contributed by atoms with Crippen molar-refractivity contribution in [3.05, 3.63) is 65.7 Å². The van der Waals surface area contributed by atoms with Gasteiger partial charge in [0.2, 0.25) is 5.91 Å². The largest absolute Gasteiger partial charge is 0.354 e. The molecular weight excluding hydrogens is 334 g/mol. The molecule has 0 aliphatic heterocycles. The molecule has 6 heteroatoms. The summed E-state index contributed by atoms with van der Waals surface area (Å²) in [5, 5.41) is 8.05. The lowest BCUT2D eigenvalue weighted by Gasteiger charge is -2.08. The molecule has 3 N–H and O–H groups in total. The van der Waals surface area contributed by atoms with E-state index >= 15 is 0 Å². The second kappa shape index (κ2) is 10.4. The fraction of sp³-hybridized carbons (Fsp3) is 0.263. The quantitative estimate of drug-likeness (QED) is 0.502. The van der Waals surface area contributed by atoms with E-state index in [0.717, 1.165) is 11.3 Å². The predicted octanol–water partition coefficient (Wildman–Crippen LogP) is 2.70. The molecule has 2 rings (SSSR count). The maximum absolute atomic E-state index is 11.7. The summed E-state index contributed by atoms with van der Waals surface area (Å²) >= 11 is 1.69. The lowest BCUT2D eigenvalue weighted by molar-refractivity contribution is -0.119. The number of carbonyl (C=O) groups excluding carboxylic acids is 2. The van der Waals surface area contributed by atoms with Crippen molar-refractivity contribution in [3.8, 4) is 0 Å². The third-order valence-corrected chi connectivity index (χ3v) is 4.43. The third kappa shape index (κ3) is 7.76. The fourth-order valence-electron chi connectivity index (χ4n) is 2.06. The second-order valence-electron chi connectivity index (χ2n) is 5.53. The Kier molecular flexibility index (Phi) is 7.85. The minimum atomic E-state index is -0.354. The van der Waals surface area contributed by atoms with Gasteiger partial charge >= 0.3 is 6.03 Å². The van der Waals surface area contributed by atoms with Crippen LogP contribution in [-0.2, 0) is 11.3 Å². The van der Waals surface area contributed by atoms with Crippen molar-refractivity contribution in [1.82, 2.24) is 16.0 Å². The molecule has 0 spiro atoms. The van der Waals surface area contributed by atoms with E-state index in [1.165, 1.54) is 10.5 Å². The number of hydrogen-bond acceptors (Lipinski definition) is 3. The van der Waals surface area contributed by atoms with Crippen LogP contribution < -0.4 is 16.0 Å². The van der Waals surface area contributed by atoms with Crippen LogP contribution in [0.2, 0.25) is 0 Å². The molecule has 5 nitrogen and oxygen atoms in total. The van der Waals surface area contributed by atoms with Gasteiger partial charge in [0.05, 0.1) is 6.54 Å². The van der Waals surface area contributed by atoms with Crippen LogP contribution in [0.15, 0.2) is 59.5 Å². The summed E-state index contributed by atoms with van der Waals surface area (Å²) in [4.78, 5) is 24.6. The van der Waals surface area contributed by atoms with Crippen LogP contribution in [0, 0.1) is 6.92 Å². The monoisotopic (exact) mass is 357 g/mol. The minimum Gasteiger partial charge on any atom is -0.354 e. The number of urea groups is 1. The van der Waals surface area contributed by atoms with Crippen molar-refractivity contribution in [2.75, 3.05) is 18.8 Å². The molecule has 2 aromatic carbocycles. The Morgan fingerprint density at radius 1 is 0.920 bits per heavy atom. The number of amides is 3. The van der Waals surface area contributed by atoms with E-state index in [4.69, 9.17) is 0 Å². The van der Waals surface area contributed by atoms with Crippen molar-refractivity contribution >= 4 is 23.7 Å². The van der Waals surface area contributed by atoms with Crippen LogP contribution in [0.4, 0.5) is 4.79 Å². The van der Waals surface area contributed by atoms with Crippen molar-refractivity contribution in [3.63, 3.8) is 0 Å². The molecule has 2 aromatic rings. The molecule has 0 heterocycles. The van der Waals surface area contributed by atoms with E-state index < -0.39 is 0 Å². The van der Waals surface area contributed by atoms with Gasteiger partial charge in [-0.25, -0.2) is 4.79 Å². The predicted molar refractivity (Wildman–Crippen MR) is 102 cm³/mol. The molecule has 0 aromatic heterocycles. The third-order valence-electron chi connectivity index (χ3n) is 3.42. The van der Waals surface area contributed by atoms with E-state index in [1.54, 1.807) is 11.8 Å². The normalized spacial score (nSPS) is 10.1. The molecule has 0 bridgehead atoms. The highest BCUT2D eigenvalue weighted by Gasteiger charge is 2.04. The Hall–Kier alpha value is -2.47. The van der Waals surface area contributed by atoms with Gasteiger partial charge in [0.25, 0.3) is 0 Å². The van der Waals surface area contributed by atoms with Gasteiger partial charge in [0.1, 0.15) is 0 Å². The zero-order valence-corrected chi connectivity index (χ0v) is 15.1. The van der Waals surface area contributed by atoms with E-state index in [1.807, 2.05) is 30.3 Å². The molecule has 0 radical (unpaired) electrons. The van der Waals surface area contributed by atoms with Gasteiger partial charge in [-0.15, -0.1) is 11.8 Å². The number of hydrogen-bond donors (Lipinski definition) is 3. The Morgan fingerprint density at radius 2 is 1.64 bits per heavy atom. The van der Waals surface area contributed by atoms with E-state index in [9.17, 15) is 9.59 Å². The first-order chi connectivity index (χ1) is 12.1. The number of nitrogens with one attached hydrogen (secondary N) is 3. The molecule has 0 unspecified atom stereocenters. The van der Waals surface area contributed by atoms with Crippen LogP contribution >= 0.6 is 11.8 Å². The van der Waals surface area contributed by atoms with E-state index in [0.29, 0.717) is 13.1 Å². The highest BCUT2D eigenvalue weighted by atomic mass is 32.2. The highest BCUT2D eigenvalue weighted by molar-refractivity contribution is 7.99. The first-order valence-corrected chi connectivity index (χ1v) is 9.14. The SMILES string of the molecule is Cc1ccc(SCCNC(=O)CNC(=O)NCc2ccccc2)cc1. The fourth-order valence-corrected chi connectivity index (χ4v) is 2.83. The second-order valence-corrected chi connectivity index (χ2v) is 6.70.